The van der Waals surface area contributed by atoms with Crippen molar-refractivity contribution in [3.05, 3.63) is 95.1 Å². The molecule has 0 unspecified atom stereocenters. The molecule has 0 saturated carbocycles. The van der Waals surface area contributed by atoms with Gasteiger partial charge in [-0.2, -0.15) is 4.57 Å². The molecule has 0 fully saturated rings. The molecule has 1 aliphatic carbocycles. The first kappa shape index (κ1) is 12.8. The lowest BCUT2D eigenvalue weighted by atomic mass is 10.1. The number of rotatable bonds is 2. The molecule has 0 amide bonds. The van der Waals surface area contributed by atoms with E-state index in [2.05, 4.69) is 58.1 Å². The molecule has 1 aliphatic rings. The number of nitrogens with zero attached hydrogens (tertiary/aromatic N) is 2. The number of fused-ring (bicyclic) bond motifs is 3. The minimum absolute atomic E-state index is 0.713. The first-order valence-electron chi connectivity index (χ1n) is 7.41. The van der Waals surface area contributed by atoms with Crippen molar-refractivity contribution < 1.29 is 4.57 Å². The second-order valence-corrected chi connectivity index (χ2v) is 5.61. The van der Waals surface area contributed by atoms with Crippen molar-refractivity contribution in [1.29, 1.82) is 0 Å². The molecule has 0 atom stereocenters. The van der Waals surface area contributed by atoms with Crippen LogP contribution >= 0.6 is 0 Å². The quantitative estimate of drug-likeness (QED) is 0.386. The van der Waals surface area contributed by atoms with Gasteiger partial charge in [-0.25, -0.2) is 4.85 Å². The van der Waals surface area contributed by atoms with Crippen LogP contribution in [0.25, 0.3) is 16.0 Å². The zero-order valence-corrected chi connectivity index (χ0v) is 12.2. The third-order valence-corrected chi connectivity index (χ3v) is 4.25. The average molecular weight is 283 g/mol. The second-order valence-electron chi connectivity index (χ2n) is 5.61. The van der Waals surface area contributed by atoms with Gasteiger partial charge in [0.1, 0.15) is 0 Å². The molecule has 0 saturated heterocycles. The Kier molecular flexibility index (Phi) is 2.98. The highest BCUT2D eigenvalue weighted by Crippen LogP contribution is 2.36. The topological polar surface area (TPSA) is 8.24 Å². The van der Waals surface area contributed by atoms with Gasteiger partial charge in [-0.1, -0.05) is 42.5 Å². The highest BCUT2D eigenvalue weighted by molar-refractivity contribution is 5.77. The fourth-order valence-electron chi connectivity index (χ4n) is 3.17. The zero-order valence-electron chi connectivity index (χ0n) is 12.2. The molecular formula is C20H15N2+. The minimum Gasteiger partial charge on any atom is -0.238 e. The highest BCUT2D eigenvalue weighted by atomic mass is 15.0. The maximum atomic E-state index is 7.20. The number of pyridine rings is 1. The van der Waals surface area contributed by atoms with Gasteiger partial charge in [0.2, 0.25) is 0 Å². The van der Waals surface area contributed by atoms with Crippen LogP contribution in [0.5, 0.6) is 0 Å². The van der Waals surface area contributed by atoms with Crippen LogP contribution in [0, 0.1) is 6.57 Å². The van der Waals surface area contributed by atoms with Gasteiger partial charge >= 0.3 is 0 Å². The van der Waals surface area contributed by atoms with Crippen molar-refractivity contribution in [2.24, 2.45) is 0 Å². The van der Waals surface area contributed by atoms with Crippen molar-refractivity contribution in [3.63, 3.8) is 0 Å². The summed E-state index contributed by atoms with van der Waals surface area (Å²) in [5.74, 6) is 0. The second kappa shape index (κ2) is 5.13. The molecule has 1 aromatic heterocycles. The molecular weight excluding hydrogens is 268 g/mol. The molecule has 0 aliphatic heterocycles. The third kappa shape index (κ3) is 2.08. The van der Waals surface area contributed by atoms with Crippen LogP contribution in [0.3, 0.4) is 0 Å². The predicted octanol–water partition coefficient (Wildman–Crippen LogP) is 4.14. The molecule has 0 spiro atoms. The van der Waals surface area contributed by atoms with E-state index in [1.807, 2.05) is 18.2 Å². The highest BCUT2D eigenvalue weighted by Gasteiger charge is 2.26. The fraction of sp³-hybridized carbons (Fsp3) is 0.100. The molecule has 0 radical (unpaired) electrons. The molecule has 0 N–H and O–H groups in total. The van der Waals surface area contributed by atoms with Crippen LogP contribution in [-0.4, -0.2) is 0 Å². The minimum atomic E-state index is 0.713. The van der Waals surface area contributed by atoms with Gasteiger partial charge < -0.3 is 0 Å². The van der Waals surface area contributed by atoms with E-state index in [-0.39, 0.29) is 0 Å². The summed E-state index contributed by atoms with van der Waals surface area (Å²) in [6, 6.07) is 20.8. The van der Waals surface area contributed by atoms with Crippen LogP contribution in [0.4, 0.5) is 5.69 Å². The first-order chi connectivity index (χ1) is 10.8. The Morgan fingerprint density at radius 1 is 0.955 bits per heavy atom. The number of benzene rings is 2. The van der Waals surface area contributed by atoms with Crippen LogP contribution in [0.15, 0.2) is 66.9 Å². The summed E-state index contributed by atoms with van der Waals surface area (Å²) in [4.78, 5) is 3.55. The predicted molar refractivity (Wildman–Crippen MR) is 86.7 cm³/mol. The van der Waals surface area contributed by atoms with E-state index < -0.39 is 0 Å². The summed E-state index contributed by atoms with van der Waals surface area (Å²) in [5, 5.41) is 0. The van der Waals surface area contributed by atoms with Crippen molar-refractivity contribution in [1.82, 2.24) is 0 Å². The van der Waals surface area contributed by atoms with Crippen LogP contribution < -0.4 is 4.57 Å². The molecule has 104 valence electrons. The van der Waals surface area contributed by atoms with Gasteiger partial charge in [0.05, 0.1) is 13.0 Å². The Bertz CT molecular complexity index is 889. The van der Waals surface area contributed by atoms with Gasteiger partial charge in [0.25, 0.3) is 0 Å². The standard InChI is InChI=1S/C20H15N2/c1-21-17-10-9-16-12-20-18(19(16)13-17)8-5-11-22(20)14-15-6-3-2-4-7-15/h2-11,13H,12,14H2/q+1. The van der Waals surface area contributed by atoms with E-state index in [1.165, 1.54) is 27.9 Å². The molecule has 2 nitrogen and oxygen atoms in total. The lowest BCUT2D eigenvalue weighted by Gasteiger charge is -2.03. The normalized spacial score (nSPS) is 11.6. The summed E-state index contributed by atoms with van der Waals surface area (Å²) in [7, 11) is 0. The van der Waals surface area contributed by atoms with Gasteiger partial charge in [0.15, 0.2) is 24.1 Å². The van der Waals surface area contributed by atoms with E-state index in [9.17, 15) is 0 Å². The monoisotopic (exact) mass is 283 g/mol. The summed E-state index contributed by atoms with van der Waals surface area (Å²) >= 11 is 0. The van der Waals surface area contributed by atoms with Crippen LogP contribution in [0.1, 0.15) is 16.8 Å². The molecule has 4 rings (SSSR count). The Hall–Kier alpha value is -2.92. The summed E-state index contributed by atoms with van der Waals surface area (Å²) in [6.07, 6.45) is 3.09. The van der Waals surface area contributed by atoms with E-state index in [1.54, 1.807) is 0 Å². The number of hydrogen-bond donors (Lipinski definition) is 0. The molecule has 22 heavy (non-hydrogen) atoms. The Labute approximate surface area is 130 Å². The van der Waals surface area contributed by atoms with Crippen molar-refractivity contribution in [3.8, 4) is 11.1 Å². The van der Waals surface area contributed by atoms with Crippen molar-refractivity contribution in [2.45, 2.75) is 13.0 Å². The maximum Gasteiger partial charge on any atom is 0.193 e. The smallest absolute Gasteiger partial charge is 0.193 e. The summed E-state index contributed by atoms with van der Waals surface area (Å²) < 4.78 is 2.32. The largest absolute Gasteiger partial charge is 0.238 e. The SMILES string of the molecule is [C-]#[N+]c1ccc2c(c1)-c1ccc[n+](Cc3ccccc3)c1C2. The third-order valence-electron chi connectivity index (χ3n) is 4.25. The Morgan fingerprint density at radius 2 is 1.82 bits per heavy atom. The van der Waals surface area contributed by atoms with Crippen LogP contribution in [-0.2, 0) is 13.0 Å². The number of aromatic nitrogens is 1. The van der Waals surface area contributed by atoms with Crippen LogP contribution in [0.2, 0.25) is 0 Å². The van der Waals surface area contributed by atoms with E-state index >= 15 is 0 Å². The van der Waals surface area contributed by atoms with Crippen molar-refractivity contribution >= 4 is 5.69 Å². The van der Waals surface area contributed by atoms with Gasteiger partial charge in [-0.15, -0.1) is 0 Å². The Balaban J connectivity index is 1.78. The summed E-state index contributed by atoms with van der Waals surface area (Å²) in [5.41, 5.74) is 7.15. The van der Waals surface area contributed by atoms with E-state index in [4.69, 9.17) is 6.57 Å². The lowest BCUT2D eigenvalue weighted by molar-refractivity contribution is -0.694. The maximum absolute atomic E-state index is 7.20. The van der Waals surface area contributed by atoms with Gasteiger partial charge in [-0.3, -0.25) is 0 Å². The summed E-state index contributed by atoms with van der Waals surface area (Å²) in [6.45, 7) is 8.08. The molecule has 2 aromatic carbocycles. The molecule has 3 aromatic rings. The van der Waals surface area contributed by atoms with Gasteiger partial charge in [0, 0.05) is 17.2 Å². The average Bonchev–Trinajstić information content (AvgIpc) is 2.95. The zero-order chi connectivity index (χ0) is 14.9. The lowest BCUT2D eigenvalue weighted by Crippen LogP contribution is -2.38. The fourth-order valence-corrected chi connectivity index (χ4v) is 3.17. The molecule has 1 heterocycles. The molecule has 0 bridgehead atoms. The van der Waals surface area contributed by atoms with Gasteiger partial charge in [-0.05, 0) is 23.3 Å². The van der Waals surface area contributed by atoms with E-state index in [0.29, 0.717) is 5.69 Å². The Morgan fingerprint density at radius 3 is 2.64 bits per heavy atom. The first-order valence-corrected chi connectivity index (χ1v) is 7.41. The molecule has 2 heteroatoms. The van der Waals surface area contributed by atoms with Crippen molar-refractivity contribution in [2.75, 3.05) is 0 Å². The number of hydrogen-bond acceptors (Lipinski definition) is 0. The van der Waals surface area contributed by atoms with E-state index in [0.717, 1.165) is 13.0 Å².